The van der Waals surface area contributed by atoms with Gasteiger partial charge in [-0.15, -0.1) is 0 Å². The van der Waals surface area contributed by atoms with Gasteiger partial charge in [-0.3, -0.25) is 4.55 Å². The molecule has 0 rings (SSSR count). The molecule has 0 saturated carbocycles. The average molecular weight is 284 g/mol. The Morgan fingerprint density at radius 3 is 1.41 bits per heavy atom. The minimum atomic E-state index is -3.76. The Morgan fingerprint density at radius 1 is 0.706 bits per heavy atom. The van der Waals surface area contributed by atoms with Crippen LogP contribution >= 0.6 is 0 Å². The average Bonchev–Trinajstić information content (AvgIpc) is 2.14. The molecule has 0 atom stereocenters. The molecule has 17 heavy (non-hydrogen) atoms. The van der Waals surface area contributed by atoms with E-state index < -0.39 is 10.1 Å². The van der Waals surface area contributed by atoms with Gasteiger partial charge in [-0.1, -0.05) is 38.5 Å². The predicted molar refractivity (Wildman–Crippen MR) is 71.9 cm³/mol. The van der Waals surface area contributed by atoms with Crippen molar-refractivity contribution in [1.82, 2.24) is 0 Å². The summed E-state index contributed by atoms with van der Waals surface area (Å²) in [5.74, 6) is -0.114. The second-order valence-electron chi connectivity index (χ2n) is 3.84. The Hall–Kier alpha value is 1.87. The van der Waals surface area contributed by atoms with Crippen LogP contribution in [-0.4, -0.2) is 89.6 Å². The molecule has 0 spiro atoms. The number of aliphatic hydroxyl groups is 1. The van der Waals surface area contributed by atoms with E-state index in [4.69, 9.17) is 9.66 Å². The number of unbranched alkanes of at least 4 members (excludes halogenated alkanes) is 7. The first-order valence-corrected chi connectivity index (χ1v) is 7.23. The Kier molecular flexibility index (Phi) is 22.4. The smallest absolute Gasteiger partial charge is 0.264 e. The number of rotatable bonds is 10. The molecule has 0 amide bonds. The fourth-order valence-electron chi connectivity index (χ4n) is 1.46. The van der Waals surface area contributed by atoms with Crippen molar-refractivity contribution in [1.29, 1.82) is 0 Å². The normalized spacial score (nSPS) is 10.5. The van der Waals surface area contributed by atoms with Crippen molar-refractivity contribution in [3.8, 4) is 0 Å². The summed E-state index contributed by atoms with van der Waals surface area (Å²) in [5, 5.41) is 8.53. The van der Waals surface area contributed by atoms with Crippen LogP contribution in [0.15, 0.2) is 0 Å². The van der Waals surface area contributed by atoms with Crippen molar-refractivity contribution in [2.45, 2.75) is 51.4 Å². The summed E-state index contributed by atoms with van der Waals surface area (Å²) >= 11 is 0. The first-order valence-electron chi connectivity index (χ1n) is 5.62. The molecule has 0 aliphatic heterocycles. The molecule has 2 radical (unpaired) electrons. The second-order valence-corrected chi connectivity index (χ2v) is 5.41. The van der Waals surface area contributed by atoms with Crippen LogP contribution in [0.5, 0.6) is 0 Å². The fourth-order valence-corrected chi connectivity index (χ4v) is 2.03. The monoisotopic (exact) mass is 284 g/mol. The van der Waals surface area contributed by atoms with Crippen LogP contribution in [0.25, 0.3) is 0 Å². The third kappa shape index (κ3) is 23.4. The zero-order chi connectivity index (χ0) is 11.6. The predicted octanol–water partition coefficient (Wildman–Crippen LogP) is 1.23. The van der Waals surface area contributed by atoms with Gasteiger partial charge in [0.25, 0.3) is 10.1 Å². The van der Waals surface area contributed by atoms with Gasteiger partial charge in [0.2, 0.25) is 0 Å². The molecule has 4 nitrogen and oxygen atoms in total. The molecule has 0 aliphatic carbocycles. The Bertz CT molecular complexity index is 232. The van der Waals surface area contributed by atoms with Crippen LogP contribution in [-0.2, 0) is 10.1 Å². The van der Waals surface area contributed by atoms with E-state index in [2.05, 4.69) is 0 Å². The topological polar surface area (TPSA) is 74.6 Å². The molecule has 0 aromatic rings. The van der Waals surface area contributed by atoms with E-state index in [0.717, 1.165) is 44.9 Å². The van der Waals surface area contributed by atoms with E-state index in [1.807, 2.05) is 0 Å². The van der Waals surface area contributed by atoms with Crippen molar-refractivity contribution >= 4 is 69.2 Å². The zero-order valence-electron chi connectivity index (χ0n) is 11.2. The molecule has 0 aromatic carbocycles. The molecule has 2 N–H and O–H groups in total. The van der Waals surface area contributed by atoms with Gasteiger partial charge in [0.1, 0.15) is 0 Å². The van der Waals surface area contributed by atoms with E-state index in [-0.39, 0.29) is 71.5 Å². The standard InChI is InChI=1S/C10H22O4S.2Na/c11-9-7-5-3-1-2-4-6-8-10-15(12,13)14;;/h11H,1-10H2,(H,12,13,14);;. The van der Waals surface area contributed by atoms with Crippen LogP contribution in [0.4, 0.5) is 0 Å². The van der Waals surface area contributed by atoms with Crippen molar-refractivity contribution in [3.63, 3.8) is 0 Å². The van der Waals surface area contributed by atoms with Crippen LogP contribution in [0.3, 0.4) is 0 Å². The maximum atomic E-state index is 10.4. The van der Waals surface area contributed by atoms with Crippen LogP contribution in [0.2, 0.25) is 0 Å². The van der Waals surface area contributed by atoms with Crippen LogP contribution in [0, 0.1) is 0 Å². The molecule has 0 saturated heterocycles. The second kappa shape index (κ2) is 15.9. The summed E-state index contributed by atoms with van der Waals surface area (Å²) in [6.07, 6.45) is 7.77. The Morgan fingerprint density at radius 2 is 1.06 bits per heavy atom. The molecular formula is C10H22Na2O4S. The van der Waals surface area contributed by atoms with E-state index in [1.54, 1.807) is 0 Å². The maximum Gasteiger partial charge on any atom is 0.264 e. The summed E-state index contributed by atoms with van der Waals surface area (Å²) in [4.78, 5) is 0. The van der Waals surface area contributed by atoms with Gasteiger partial charge >= 0.3 is 0 Å². The zero-order valence-corrected chi connectivity index (χ0v) is 16.0. The van der Waals surface area contributed by atoms with Crippen molar-refractivity contribution < 1.29 is 18.1 Å². The molecule has 0 bridgehead atoms. The quantitative estimate of drug-likeness (QED) is 0.359. The first kappa shape index (κ1) is 23.9. The van der Waals surface area contributed by atoms with E-state index in [0.29, 0.717) is 6.42 Å². The molecule has 0 heterocycles. The molecule has 0 fully saturated rings. The molecule has 0 aromatic heterocycles. The molecule has 94 valence electrons. The third-order valence-electron chi connectivity index (χ3n) is 2.31. The fraction of sp³-hybridized carbons (Fsp3) is 1.00. The van der Waals surface area contributed by atoms with Gasteiger partial charge in [-0.05, 0) is 12.8 Å². The molecule has 0 unspecified atom stereocenters. The van der Waals surface area contributed by atoms with Gasteiger partial charge in [0.15, 0.2) is 0 Å². The number of hydrogen-bond acceptors (Lipinski definition) is 3. The van der Waals surface area contributed by atoms with Crippen LogP contribution in [0.1, 0.15) is 51.4 Å². The summed E-state index contributed by atoms with van der Waals surface area (Å²) < 4.78 is 29.2. The van der Waals surface area contributed by atoms with Crippen LogP contribution < -0.4 is 0 Å². The van der Waals surface area contributed by atoms with Gasteiger partial charge in [0, 0.05) is 65.7 Å². The SMILES string of the molecule is O=S(=O)(O)CCCCCCCCCCO.[Na].[Na]. The van der Waals surface area contributed by atoms with E-state index in [1.165, 1.54) is 0 Å². The summed E-state index contributed by atoms with van der Waals surface area (Å²) in [7, 11) is -3.76. The first-order chi connectivity index (χ1) is 7.06. The molecule has 7 heteroatoms. The van der Waals surface area contributed by atoms with Gasteiger partial charge < -0.3 is 5.11 Å². The number of aliphatic hydroxyl groups excluding tert-OH is 1. The minimum Gasteiger partial charge on any atom is -0.396 e. The minimum absolute atomic E-state index is 0. The molecular weight excluding hydrogens is 262 g/mol. The van der Waals surface area contributed by atoms with Crippen molar-refractivity contribution in [2.75, 3.05) is 12.4 Å². The maximum absolute atomic E-state index is 10.4. The summed E-state index contributed by atoms with van der Waals surface area (Å²) in [6, 6.07) is 0. The van der Waals surface area contributed by atoms with E-state index >= 15 is 0 Å². The number of hydrogen-bond donors (Lipinski definition) is 2. The largest absolute Gasteiger partial charge is 0.396 e. The van der Waals surface area contributed by atoms with Gasteiger partial charge in [-0.25, -0.2) is 0 Å². The van der Waals surface area contributed by atoms with E-state index in [9.17, 15) is 8.42 Å². The third-order valence-corrected chi connectivity index (χ3v) is 3.11. The summed E-state index contributed by atoms with van der Waals surface area (Å²) in [6.45, 7) is 0.272. The molecule has 0 aliphatic rings. The van der Waals surface area contributed by atoms with Gasteiger partial charge in [0.05, 0.1) is 5.75 Å². The van der Waals surface area contributed by atoms with Crippen molar-refractivity contribution in [2.24, 2.45) is 0 Å². The van der Waals surface area contributed by atoms with Gasteiger partial charge in [-0.2, -0.15) is 8.42 Å². The Balaban J connectivity index is -0.000000980. The summed E-state index contributed by atoms with van der Waals surface area (Å²) in [5.41, 5.74) is 0. The van der Waals surface area contributed by atoms with Crippen molar-refractivity contribution in [3.05, 3.63) is 0 Å². The Labute approximate surface area is 149 Å².